The molecule has 0 aromatic carbocycles. The van der Waals surface area contributed by atoms with Crippen molar-refractivity contribution in [3.05, 3.63) is 12.3 Å². The van der Waals surface area contributed by atoms with Crippen LogP contribution in [0.3, 0.4) is 0 Å². The van der Waals surface area contributed by atoms with E-state index in [1.165, 1.54) is 19.3 Å². The zero-order valence-electron chi connectivity index (χ0n) is 15.3. The van der Waals surface area contributed by atoms with E-state index in [0.29, 0.717) is 6.61 Å². The van der Waals surface area contributed by atoms with Gasteiger partial charge in [0, 0.05) is 12.8 Å². The van der Waals surface area contributed by atoms with Crippen LogP contribution in [0.1, 0.15) is 52.9 Å². The molecule has 0 bridgehead atoms. The molecule has 3 atom stereocenters. The second-order valence-electron chi connectivity index (χ2n) is 8.71. The van der Waals surface area contributed by atoms with Crippen molar-refractivity contribution in [2.45, 2.75) is 95.1 Å². The largest absolute Gasteiger partial charge is 0.493 e. The van der Waals surface area contributed by atoms with E-state index in [1.54, 1.807) is 6.26 Å². The zero-order valence-corrected chi connectivity index (χ0v) is 16.3. The highest BCUT2D eigenvalue weighted by atomic mass is 28.4. The molecule has 0 aromatic rings. The lowest BCUT2D eigenvalue weighted by Crippen LogP contribution is -2.60. The molecule has 4 nitrogen and oxygen atoms in total. The van der Waals surface area contributed by atoms with Crippen molar-refractivity contribution < 1.29 is 18.6 Å². The van der Waals surface area contributed by atoms with Crippen molar-refractivity contribution in [1.82, 2.24) is 0 Å². The molecule has 132 valence electrons. The minimum atomic E-state index is -1.86. The number of hydrogen-bond donors (Lipinski definition) is 0. The van der Waals surface area contributed by atoms with Crippen LogP contribution in [0.4, 0.5) is 0 Å². The van der Waals surface area contributed by atoms with Gasteiger partial charge in [0.2, 0.25) is 0 Å². The molecule has 0 radical (unpaired) electrons. The first-order valence-electron chi connectivity index (χ1n) is 9.04. The SMILES string of the molecule is CC(C)(C)[Si](C)(C)O[C@@H]1C=CO[C@@H]2COC3(CCCCC3)O[C@@H]12. The second-order valence-corrected chi connectivity index (χ2v) is 13.5. The summed E-state index contributed by atoms with van der Waals surface area (Å²) in [6, 6.07) is 0. The van der Waals surface area contributed by atoms with E-state index in [9.17, 15) is 0 Å². The molecule has 0 amide bonds. The van der Waals surface area contributed by atoms with Crippen LogP contribution in [0, 0.1) is 0 Å². The maximum Gasteiger partial charge on any atom is 0.193 e. The maximum absolute atomic E-state index is 6.64. The molecule has 1 saturated carbocycles. The molecule has 0 N–H and O–H groups in total. The highest BCUT2D eigenvalue weighted by Crippen LogP contribution is 2.42. The Morgan fingerprint density at radius 3 is 2.48 bits per heavy atom. The highest BCUT2D eigenvalue weighted by molar-refractivity contribution is 6.74. The summed E-state index contributed by atoms with van der Waals surface area (Å²) < 4.78 is 25.0. The quantitative estimate of drug-likeness (QED) is 0.700. The van der Waals surface area contributed by atoms with Gasteiger partial charge in [-0.05, 0) is 37.0 Å². The Bertz CT molecular complexity index is 448. The summed E-state index contributed by atoms with van der Waals surface area (Å²) in [6.07, 6.45) is 9.29. The van der Waals surface area contributed by atoms with E-state index >= 15 is 0 Å². The fourth-order valence-electron chi connectivity index (χ4n) is 3.39. The predicted octanol–water partition coefficient (Wildman–Crippen LogP) is 4.37. The van der Waals surface area contributed by atoms with Gasteiger partial charge in [0.05, 0.1) is 19.0 Å². The van der Waals surface area contributed by atoms with Gasteiger partial charge in [0.25, 0.3) is 0 Å². The molecule has 5 heteroatoms. The van der Waals surface area contributed by atoms with Gasteiger partial charge in [-0.2, -0.15) is 0 Å². The van der Waals surface area contributed by atoms with Crippen LogP contribution in [-0.2, 0) is 18.6 Å². The summed E-state index contributed by atoms with van der Waals surface area (Å²) in [5.41, 5.74) is 0. The van der Waals surface area contributed by atoms with Crippen LogP contribution < -0.4 is 0 Å². The van der Waals surface area contributed by atoms with Crippen molar-refractivity contribution in [1.29, 1.82) is 0 Å². The van der Waals surface area contributed by atoms with E-state index in [4.69, 9.17) is 18.6 Å². The van der Waals surface area contributed by atoms with E-state index in [1.807, 2.05) is 6.08 Å². The average Bonchev–Trinajstić information content (AvgIpc) is 2.47. The molecule has 3 aliphatic rings. The van der Waals surface area contributed by atoms with Gasteiger partial charge in [0.15, 0.2) is 20.2 Å². The molecule has 2 fully saturated rings. The smallest absolute Gasteiger partial charge is 0.193 e. The van der Waals surface area contributed by atoms with Crippen LogP contribution in [0.15, 0.2) is 12.3 Å². The van der Waals surface area contributed by atoms with Crippen LogP contribution in [0.2, 0.25) is 18.1 Å². The van der Waals surface area contributed by atoms with Crippen LogP contribution in [0.25, 0.3) is 0 Å². The number of rotatable bonds is 2. The topological polar surface area (TPSA) is 36.9 Å². The van der Waals surface area contributed by atoms with Crippen molar-refractivity contribution >= 4 is 8.32 Å². The summed E-state index contributed by atoms with van der Waals surface area (Å²) in [5.74, 6) is -0.400. The van der Waals surface area contributed by atoms with Crippen LogP contribution in [-0.4, -0.2) is 39.0 Å². The van der Waals surface area contributed by atoms with E-state index in [0.717, 1.165) is 12.8 Å². The van der Waals surface area contributed by atoms with Gasteiger partial charge in [-0.1, -0.05) is 27.2 Å². The van der Waals surface area contributed by atoms with Gasteiger partial charge in [0.1, 0.15) is 6.10 Å². The lowest BCUT2D eigenvalue weighted by molar-refractivity contribution is -0.342. The highest BCUT2D eigenvalue weighted by Gasteiger charge is 2.50. The second kappa shape index (κ2) is 6.17. The molecule has 1 aliphatic carbocycles. The Hall–Kier alpha value is -0.363. The molecular formula is C18H32O4Si. The Balaban J connectivity index is 1.75. The van der Waals surface area contributed by atoms with Crippen LogP contribution in [0.5, 0.6) is 0 Å². The Labute approximate surface area is 141 Å². The lowest BCUT2D eigenvalue weighted by Gasteiger charge is -2.50. The van der Waals surface area contributed by atoms with Gasteiger partial charge < -0.3 is 18.6 Å². The lowest BCUT2D eigenvalue weighted by atomic mass is 9.92. The molecule has 2 heterocycles. The maximum atomic E-state index is 6.64. The molecular weight excluding hydrogens is 308 g/mol. The van der Waals surface area contributed by atoms with Crippen molar-refractivity contribution in [3.8, 4) is 0 Å². The zero-order chi connectivity index (χ0) is 16.7. The molecule has 1 saturated heterocycles. The third-order valence-corrected chi connectivity index (χ3v) is 10.4. The third-order valence-electron chi connectivity index (χ3n) is 5.93. The molecule has 1 spiro atoms. The summed E-state index contributed by atoms with van der Waals surface area (Å²) in [7, 11) is -1.86. The monoisotopic (exact) mass is 340 g/mol. The van der Waals surface area contributed by atoms with Gasteiger partial charge in [-0.25, -0.2) is 0 Å². The average molecular weight is 341 g/mol. The van der Waals surface area contributed by atoms with Crippen molar-refractivity contribution in [2.24, 2.45) is 0 Å². The third kappa shape index (κ3) is 3.53. The summed E-state index contributed by atoms with van der Waals surface area (Å²) in [4.78, 5) is 0. The van der Waals surface area contributed by atoms with Crippen LogP contribution >= 0.6 is 0 Å². The molecule has 0 unspecified atom stereocenters. The van der Waals surface area contributed by atoms with Crippen molar-refractivity contribution in [2.75, 3.05) is 6.61 Å². The van der Waals surface area contributed by atoms with Gasteiger partial charge >= 0.3 is 0 Å². The molecule has 23 heavy (non-hydrogen) atoms. The number of ether oxygens (including phenoxy) is 3. The Morgan fingerprint density at radius 2 is 1.83 bits per heavy atom. The molecule has 0 aromatic heterocycles. The van der Waals surface area contributed by atoms with Gasteiger partial charge in [-0.3, -0.25) is 0 Å². The minimum Gasteiger partial charge on any atom is -0.493 e. The standard InChI is InChI=1S/C18H32O4Si/c1-17(2,3)23(4,5)22-14-9-12-19-15-13-20-18(21-16(14)15)10-7-6-8-11-18/h9,12,14-16H,6-8,10-11,13H2,1-5H3/t14-,15-,16+/m1/s1. The number of fused-ring (bicyclic) bond motifs is 1. The first-order valence-corrected chi connectivity index (χ1v) is 12.0. The van der Waals surface area contributed by atoms with E-state index in [2.05, 4.69) is 33.9 Å². The van der Waals surface area contributed by atoms with E-state index < -0.39 is 14.1 Å². The summed E-state index contributed by atoms with van der Waals surface area (Å²) >= 11 is 0. The van der Waals surface area contributed by atoms with Gasteiger partial charge in [-0.15, -0.1) is 0 Å². The normalized spacial score (nSPS) is 34.0. The first-order chi connectivity index (χ1) is 10.7. The predicted molar refractivity (Wildman–Crippen MR) is 92.7 cm³/mol. The molecule has 2 aliphatic heterocycles. The van der Waals surface area contributed by atoms with Crippen molar-refractivity contribution in [3.63, 3.8) is 0 Å². The fraction of sp³-hybridized carbons (Fsp3) is 0.889. The Morgan fingerprint density at radius 1 is 1.13 bits per heavy atom. The molecule has 3 rings (SSSR count). The summed E-state index contributed by atoms with van der Waals surface area (Å²) in [5, 5.41) is 0.183. The Kier molecular flexibility index (Phi) is 4.69. The first kappa shape index (κ1) is 17.5. The minimum absolute atomic E-state index is 0.0302. The summed E-state index contributed by atoms with van der Waals surface area (Å²) in [6.45, 7) is 12.0. The van der Waals surface area contributed by atoms with E-state index in [-0.39, 0.29) is 23.4 Å². The number of hydrogen-bond acceptors (Lipinski definition) is 4. The fourth-order valence-corrected chi connectivity index (χ4v) is 4.64.